The van der Waals surface area contributed by atoms with E-state index in [1.807, 2.05) is 12.1 Å². The van der Waals surface area contributed by atoms with E-state index in [4.69, 9.17) is 5.11 Å². The van der Waals surface area contributed by atoms with Crippen LogP contribution in [-0.2, 0) is 13.0 Å². The number of carboxylic acids is 1. The quantitative estimate of drug-likeness (QED) is 0.863. The van der Waals surface area contributed by atoms with Gasteiger partial charge in [0.1, 0.15) is 5.56 Å². The van der Waals surface area contributed by atoms with E-state index in [0.717, 1.165) is 12.0 Å². The molecule has 1 aromatic carbocycles. The lowest BCUT2D eigenvalue weighted by Crippen LogP contribution is -2.06. The molecule has 0 aliphatic carbocycles. The van der Waals surface area contributed by atoms with Gasteiger partial charge in [-0.05, 0) is 23.6 Å². The molecule has 1 aromatic heterocycles. The third-order valence-corrected chi connectivity index (χ3v) is 2.97. The average molecular weight is 256 g/mol. The summed E-state index contributed by atoms with van der Waals surface area (Å²) in [7, 11) is 0. The lowest BCUT2D eigenvalue weighted by atomic mass is 10.1. The Hall–Kier alpha value is -2.36. The molecule has 2 rings (SSSR count). The molecular weight excluding hydrogens is 240 g/mol. The van der Waals surface area contributed by atoms with Crippen LogP contribution in [-0.4, -0.2) is 16.1 Å². The van der Waals surface area contributed by atoms with Crippen LogP contribution in [0.4, 0.5) is 5.69 Å². The zero-order valence-corrected chi connectivity index (χ0v) is 10.8. The number of anilines is 1. The van der Waals surface area contributed by atoms with Gasteiger partial charge in [-0.1, -0.05) is 31.2 Å². The van der Waals surface area contributed by atoms with Gasteiger partial charge in [0, 0.05) is 18.9 Å². The van der Waals surface area contributed by atoms with Crippen molar-refractivity contribution in [3.05, 3.63) is 59.4 Å². The van der Waals surface area contributed by atoms with Gasteiger partial charge < -0.3 is 10.4 Å². The maximum absolute atomic E-state index is 11.0. The number of aromatic nitrogens is 1. The summed E-state index contributed by atoms with van der Waals surface area (Å²) in [5, 5.41) is 12.2. The van der Waals surface area contributed by atoms with Crippen LogP contribution in [0.2, 0.25) is 0 Å². The minimum Gasteiger partial charge on any atom is -0.478 e. The van der Waals surface area contributed by atoms with Crippen molar-refractivity contribution in [1.82, 2.24) is 4.98 Å². The van der Waals surface area contributed by atoms with Crippen molar-refractivity contribution >= 4 is 11.7 Å². The predicted octanol–water partition coefficient (Wildman–Crippen LogP) is 2.95. The summed E-state index contributed by atoms with van der Waals surface area (Å²) in [6.07, 6.45) is 3.95. The third-order valence-electron chi connectivity index (χ3n) is 2.97. The van der Waals surface area contributed by atoms with E-state index in [0.29, 0.717) is 12.2 Å². The molecule has 1 heterocycles. The molecule has 4 nitrogen and oxygen atoms in total. The molecule has 19 heavy (non-hydrogen) atoms. The van der Waals surface area contributed by atoms with Gasteiger partial charge in [0.05, 0.1) is 5.69 Å². The van der Waals surface area contributed by atoms with E-state index < -0.39 is 5.97 Å². The first kappa shape index (κ1) is 13.1. The number of carbonyl (C=O) groups is 1. The number of aryl methyl sites for hydroxylation is 1. The Morgan fingerprint density at radius 3 is 2.53 bits per heavy atom. The number of aromatic carboxylic acids is 1. The lowest BCUT2D eigenvalue weighted by molar-refractivity contribution is 0.0697. The first-order valence-corrected chi connectivity index (χ1v) is 6.19. The molecule has 0 unspecified atom stereocenters. The second kappa shape index (κ2) is 6.00. The smallest absolute Gasteiger partial charge is 0.339 e. The highest BCUT2D eigenvalue weighted by molar-refractivity contribution is 5.93. The molecule has 0 saturated heterocycles. The summed E-state index contributed by atoms with van der Waals surface area (Å²) in [5.41, 5.74) is 3.18. The molecule has 98 valence electrons. The zero-order chi connectivity index (χ0) is 13.7. The van der Waals surface area contributed by atoms with Crippen LogP contribution < -0.4 is 5.32 Å². The fraction of sp³-hybridized carbons (Fsp3) is 0.200. The second-order valence-electron chi connectivity index (χ2n) is 4.25. The van der Waals surface area contributed by atoms with Crippen molar-refractivity contribution in [2.45, 2.75) is 19.9 Å². The molecular formula is C15H16N2O2. The van der Waals surface area contributed by atoms with Crippen molar-refractivity contribution in [3.63, 3.8) is 0 Å². The summed E-state index contributed by atoms with van der Waals surface area (Å²) in [4.78, 5) is 14.9. The van der Waals surface area contributed by atoms with Crippen LogP contribution >= 0.6 is 0 Å². The van der Waals surface area contributed by atoms with Crippen LogP contribution in [0.1, 0.15) is 28.4 Å². The first-order valence-electron chi connectivity index (χ1n) is 6.19. The van der Waals surface area contributed by atoms with Crippen LogP contribution in [0.5, 0.6) is 0 Å². The van der Waals surface area contributed by atoms with Crippen LogP contribution in [0, 0.1) is 0 Å². The van der Waals surface area contributed by atoms with E-state index in [2.05, 4.69) is 29.4 Å². The Morgan fingerprint density at radius 1 is 1.21 bits per heavy atom. The lowest BCUT2D eigenvalue weighted by Gasteiger charge is -2.09. The zero-order valence-electron chi connectivity index (χ0n) is 10.8. The summed E-state index contributed by atoms with van der Waals surface area (Å²) in [6, 6.07) is 9.94. The molecule has 4 heteroatoms. The predicted molar refractivity (Wildman–Crippen MR) is 74.3 cm³/mol. The topological polar surface area (TPSA) is 62.2 Å². The van der Waals surface area contributed by atoms with Gasteiger partial charge in [-0.15, -0.1) is 0 Å². The van der Waals surface area contributed by atoms with Gasteiger partial charge in [-0.25, -0.2) is 4.79 Å². The number of rotatable bonds is 5. The fourth-order valence-electron chi connectivity index (χ4n) is 1.81. The van der Waals surface area contributed by atoms with Crippen LogP contribution in [0.15, 0.2) is 42.7 Å². The SMILES string of the molecule is CCc1ccc(CNc2ccncc2C(=O)O)cc1. The molecule has 0 aliphatic rings. The van der Waals surface area contributed by atoms with Gasteiger partial charge >= 0.3 is 5.97 Å². The average Bonchev–Trinajstić information content (AvgIpc) is 2.46. The van der Waals surface area contributed by atoms with Crippen molar-refractivity contribution in [2.75, 3.05) is 5.32 Å². The Bertz CT molecular complexity index is 565. The van der Waals surface area contributed by atoms with Gasteiger partial charge in [-0.2, -0.15) is 0 Å². The maximum Gasteiger partial charge on any atom is 0.339 e. The van der Waals surface area contributed by atoms with Crippen LogP contribution in [0.3, 0.4) is 0 Å². The number of nitrogens with one attached hydrogen (secondary N) is 1. The molecule has 0 aliphatic heterocycles. The number of nitrogens with zero attached hydrogens (tertiary/aromatic N) is 1. The standard InChI is InChI=1S/C15H16N2O2/c1-2-11-3-5-12(6-4-11)9-17-14-7-8-16-10-13(14)15(18)19/h3-8,10H,2,9H2,1H3,(H,16,17)(H,18,19). The van der Waals surface area contributed by atoms with Gasteiger partial charge in [0.2, 0.25) is 0 Å². The third kappa shape index (κ3) is 3.31. The molecule has 0 saturated carbocycles. The van der Waals surface area contributed by atoms with E-state index >= 15 is 0 Å². The second-order valence-corrected chi connectivity index (χ2v) is 4.25. The number of pyridine rings is 1. The first-order chi connectivity index (χ1) is 9.20. The van der Waals surface area contributed by atoms with Crippen molar-refractivity contribution in [3.8, 4) is 0 Å². The Kier molecular flexibility index (Phi) is 4.13. The number of hydrogen-bond acceptors (Lipinski definition) is 3. The molecule has 0 fully saturated rings. The highest BCUT2D eigenvalue weighted by atomic mass is 16.4. The van der Waals surface area contributed by atoms with Crippen LogP contribution in [0.25, 0.3) is 0 Å². The Balaban J connectivity index is 2.07. The number of benzene rings is 1. The molecule has 2 aromatic rings. The monoisotopic (exact) mass is 256 g/mol. The van der Waals surface area contributed by atoms with Gasteiger partial charge in [0.25, 0.3) is 0 Å². The summed E-state index contributed by atoms with van der Waals surface area (Å²) >= 11 is 0. The summed E-state index contributed by atoms with van der Waals surface area (Å²) in [6.45, 7) is 2.71. The number of carboxylic acid groups (broad SMARTS) is 1. The molecule has 0 radical (unpaired) electrons. The highest BCUT2D eigenvalue weighted by Crippen LogP contribution is 2.15. The number of hydrogen-bond donors (Lipinski definition) is 2. The Labute approximate surface area is 112 Å². The molecule has 0 spiro atoms. The van der Waals surface area contributed by atoms with Crippen molar-refractivity contribution in [1.29, 1.82) is 0 Å². The molecule has 0 bridgehead atoms. The molecule has 0 atom stereocenters. The molecule has 2 N–H and O–H groups in total. The fourth-order valence-corrected chi connectivity index (χ4v) is 1.81. The van der Waals surface area contributed by atoms with E-state index in [9.17, 15) is 4.79 Å². The van der Waals surface area contributed by atoms with E-state index in [-0.39, 0.29) is 5.56 Å². The van der Waals surface area contributed by atoms with Crippen molar-refractivity contribution in [2.24, 2.45) is 0 Å². The van der Waals surface area contributed by atoms with Gasteiger partial charge in [-0.3, -0.25) is 4.98 Å². The van der Waals surface area contributed by atoms with Crippen molar-refractivity contribution < 1.29 is 9.90 Å². The van der Waals surface area contributed by atoms with E-state index in [1.54, 1.807) is 12.3 Å². The van der Waals surface area contributed by atoms with E-state index in [1.165, 1.54) is 11.8 Å². The minimum absolute atomic E-state index is 0.188. The summed E-state index contributed by atoms with van der Waals surface area (Å²) in [5.74, 6) is -0.975. The van der Waals surface area contributed by atoms with Gasteiger partial charge in [0.15, 0.2) is 0 Å². The normalized spacial score (nSPS) is 10.2. The maximum atomic E-state index is 11.0. The largest absolute Gasteiger partial charge is 0.478 e. The highest BCUT2D eigenvalue weighted by Gasteiger charge is 2.08. The Morgan fingerprint density at radius 2 is 1.89 bits per heavy atom. The molecule has 0 amide bonds. The summed E-state index contributed by atoms with van der Waals surface area (Å²) < 4.78 is 0. The minimum atomic E-state index is -0.975.